The molecule has 3 aromatic rings. The van der Waals surface area contributed by atoms with E-state index in [9.17, 15) is 8.78 Å². The van der Waals surface area contributed by atoms with Gasteiger partial charge < -0.3 is 15.0 Å². The van der Waals surface area contributed by atoms with Crippen LogP contribution in [0.2, 0.25) is 0 Å². The van der Waals surface area contributed by atoms with Gasteiger partial charge in [-0.2, -0.15) is 0 Å². The predicted molar refractivity (Wildman–Crippen MR) is 116 cm³/mol. The normalized spacial score (nSPS) is 17.6. The molecule has 0 radical (unpaired) electrons. The van der Waals surface area contributed by atoms with E-state index in [-0.39, 0.29) is 11.9 Å². The minimum Gasteiger partial charge on any atom is -0.487 e. The van der Waals surface area contributed by atoms with Crippen LogP contribution in [0.5, 0.6) is 5.75 Å². The number of benzene rings is 1. The average Bonchev–Trinajstić information content (AvgIpc) is 2.73. The SMILES string of the molecule is Cc1cc2nc(NC3CCC3)c(N3CCC(Oc4ccc(F)cc4F)CC3)nc2cn1. The Morgan fingerprint density at radius 3 is 2.55 bits per heavy atom. The third-order valence-electron chi connectivity index (χ3n) is 6.04. The molecule has 2 fully saturated rings. The van der Waals surface area contributed by atoms with Crippen molar-refractivity contribution in [1.82, 2.24) is 15.0 Å². The molecule has 2 aliphatic rings. The molecule has 0 bridgehead atoms. The van der Waals surface area contributed by atoms with Crippen molar-refractivity contribution in [2.45, 2.75) is 51.2 Å². The highest BCUT2D eigenvalue weighted by Crippen LogP contribution is 2.32. The fourth-order valence-corrected chi connectivity index (χ4v) is 4.05. The first-order chi connectivity index (χ1) is 15.0. The summed E-state index contributed by atoms with van der Waals surface area (Å²) in [5.74, 6) is 0.464. The maximum atomic E-state index is 13.9. The second kappa shape index (κ2) is 8.24. The van der Waals surface area contributed by atoms with E-state index in [0.29, 0.717) is 32.0 Å². The van der Waals surface area contributed by atoms with Gasteiger partial charge in [0.25, 0.3) is 0 Å². The fraction of sp³-hybridized carbons (Fsp3) is 0.435. The topological polar surface area (TPSA) is 63.2 Å². The highest BCUT2D eigenvalue weighted by atomic mass is 19.1. The minimum atomic E-state index is -0.669. The van der Waals surface area contributed by atoms with Crippen molar-refractivity contribution >= 4 is 22.7 Å². The molecule has 8 heteroatoms. The van der Waals surface area contributed by atoms with Crippen LogP contribution in [0.1, 0.15) is 37.8 Å². The van der Waals surface area contributed by atoms with Crippen LogP contribution >= 0.6 is 0 Å². The van der Waals surface area contributed by atoms with Crippen molar-refractivity contribution in [3.8, 4) is 5.75 Å². The van der Waals surface area contributed by atoms with Gasteiger partial charge in [-0.05, 0) is 44.4 Å². The molecule has 1 saturated carbocycles. The maximum absolute atomic E-state index is 13.9. The first kappa shape index (κ1) is 19.9. The molecule has 1 aromatic carbocycles. The number of aromatic nitrogens is 3. The molecule has 0 unspecified atom stereocenters. The average molecular weight is 425 g/mol. The molecule has 31 heavy (non-hydrogen) atoms. The monoisotopic (exact) mass is 425 g/mol. The Morgan fingerprint density at radius 2 is 1.84 bits per heavy atom. The highest BCUT2D eigenvalue weighted by molar-refractivity contribution is 5.80. The number of nitrogens with zero attached hydrogens (tertiary/aromatic N) is 4. The number of hydrogen-bond acceptors (Lipinski definition) is 6. The summed E-state index contributed by atoms with van der Waals surface area (Å²) in [6, 6.07) is 5.81. The van der Waals surface area contributed by atoms with Crippen molar-refractivity contribution in [2.24, 2.45) is 0 Å². The van der Waals surface area contributed by atoms with E-state index in [1.807, 2.05) is 13.0 Å². The number of aryl methyl sites for hydroxylation is 1. The molecule has 5 rings (SSSR count). The highest BCUT2D eigenvalue weighted by Gasteiger charge is 2.27. The Kier molecular flexibility index (Phi) is 5.29. The number of pyridine rings is 1. The van der Waals surface area contributed by atoms with Gasteiger partial charge in [0.1, 0.15) is 17.4 Å². The summed E-state index contributed by atoms with van der Waals surface area (Å²) in [5.41, 5.74) is 2.52. The molecular formula is C23H25F2N5O. The fourth-order valence-electron chi connectivity index (χ4n) is 4.05. The Balaban J connectivity index is 1.34. The van der Waals surface area contributed by atoms with E-state index in [4.69, 9.17) is 14.7 Å². The number of fused-ring (bicyclic) bond motifs is 1. The summed E-state index contributed by atoms with van der Waals surface area (Å²) >= 11 is 0. The molecule has 6 nitrogen and oxygen atoms in total. The van der Waals surface area contributed by atoms with Crippen LogP contribution in [0.4, 0.5) is 20.4 Å². The van der Waals surface area contributed by atoms with Crippen LogP contribution in [-0.4, -0.2) is 40.2 Å². The predicted octanol–water partition coefficient (Wildman–Crippen LogP) is 4.62. The molecule has 0 spiro atoms. The number of rotatable bonds is 5. The smallest absolute Gasteiger partial charge is 0.172 e. The van der Waals surface area contributed by atoms with Gasteiger partial charge in [-0.3, -0.25) is 4.98 Å². The Labute approximate surface area is 179 Å². The molecule has 0 atom stereocenters. The summed E-state index contributed by atoms with van der Waals surface area (Å²) in [4.78, 5) is 16.3. The first-order valence-electron chi connectivity index (χ1n) is 10.8. The number of hydrogen-bond donors (Lipinski definition) is 1. The van der Waals surface area contributed by atoms with Crippen molar-refractivity contribution in [3.63, 3.8) is 0 Å². The van der Waals surface area contributed by atoms with Crippen molar-refractivity contribution < 1.29 is 13.5 Å². The first-order valence-corrected chi connectivity index (χ1v) is 10.8. The number of anilines is 2. The van der Waals surface area contributed by atoms with Gasteiger partial charge in [0, 0.05) is 43.7 Å². The van der Waals surface area contributed by atoms with Gasteiger partial charge in [0.15, 0.2) is 23.2 Å². The van der Waals surface area contributed by atoms with Crippen LogP contribution < -0.4 is 15.0 Å². The summed E-state index contributed by atoms with van der Waals surface area (Å²) in [7, 11) is 0. The lowest BCUT2D eigenvalue weighted by Crippen LogP contribution is -2.39. The Hall–Kier alpha value is -3.03. The Morgan fingerprint density at radius 1 is 1.03 bits per heavy atom. The largest absolute Gasteiger partial charge is 0.487 e. The molecule has 0 amide bonds. The zero-order valence-electron chi connectivity index (χ0n) is 17.4. The van der Waals surface area contributed by atoms with Gasteiger partial charge in [-0.1, -0.05) is 0 Å². The summed E-state index contributed by atoms with van der Waals surface area (Å²) in [5, 5.41) is 3.57. The number of nitrogens with one attached hydrogen (secondary N) is 1. The van der Waals surface area contributed by atoms with Gasteiger partial charge in [0.05, 0.1) is 11.7 Å². The molecular weight excluding hydrogens is 400 g/mol. The zero-order valence-corrected chi connectivity index (χ0v) is 17.4. The summed E-state index contributed by atoms with van der Waals surface area (Å²) < 4.78 is 32.9. The lowest BCUT2D eigenvalue weighted by molar-refractivity contribution is 0.163. The van der Waals surface area contributed by atoms with Crippen LogP contribution in [0.3, 0.4) is 0 Å². The second-order valence-corrected chi connectivity index (χ2v) is 8.36. The molecule has 1 aliphatic heterocycles. The van der Waals surface area contributed by atoms with Crippen LogP contribution in [0.25, 0.3) is 11.0 Å². The van der Waals surface area contributed by atoms with E-state index in [0.717, 1.165) is 47.3 Å². The van der Waals surface area contributed by atoms with Gasteiger partial charge in [-0.15, -0.1) is 0 Å². The lowest BCUT2D eigenvalue weighted by Gasteiger charge is -2.35. The van der Waals surface area contributed by atoms with Crippen LogP contribution in [0.15, 0.2) is 30.5 Å². The Bertz CT molecular complexity index is 1100. The van der Waals surface area contributed by atoms with Crippen molar-refractivity contribution in [3.05, 3.63) is 47.8 Å². The van der Waals surface area contributed by atoms with E-state index >= 15 is 0 Å². The molecule has 3 heterocycles. The summed E-state index contributed by atoms with van der Waals surface area (Å²) in [6.07, 6.45) is 6.59. The van der Waals surface area contributed by atoms with Gasteiger partial charge in [0.2, 0.25) is 0 Å². The quantitative estimate of drug-likeness (QED) is 0.643. The molecule has 1 saturated heterocycles. The molecule has 2 aromatic heterocycles. The summed E-state index contributed by atoms with van der Waals surface area (Å²) in [6.45, 7) is 3.38. The maximum Gasteiger partial charge on any atom is 0.172 e. The third-order valence-corrected chi connectivity index (χ3v) is 6.04. The van der Waals surface area contributed by atoms with Gasteiger partial charge in [-0.25, -0.2) is 18.7 Å². The van der Waals surface area contributed by atoms with E-state index < -0.39 is 11.6 Å². The van der Waals surface area contributed by atoms with Crippen molar-refractivity contribution in [2.75, 3.05) is 23.3 Å². The van der Waals surface area contributed by atoms with Crippen LogP contribution in [-0.2, 0) is 0 Å². The second-order valence-electron chi connectivity index (χ2n) is 8.36. The van der Waals surface area contributed by atoms with Crippen molar-refractivity contribution in [1.29, 1.82) is 0 Å². The minimum absolute atomic E-state index is 0.0964. The molecule has 162 valence electrons. The zero-order chi connectivity index (χ0) is 21.4. The lowest BCUT2D eigenvalue weighted by atomic mass is 9.93. The molecule has 1 N–H and O–H groups in total. The standard InChI is InChI=1S/C23H25F2N5O/c1-14-11-19-20(13-26-14)29-23(22(28-19)27-16-3-2-4-16)30-9-7-17(8-10-30)31-21-6-5-15(24)12-18(21)25/h5-6,11-13,16-17H,2-4,7-10H2,1H3,(H,27,28). The van der Waals surface area contributed by atoms with Gasteiger partial charge >= 0.3 is 0 Å². The van der Waals surface area contributed by atoms with E-state index in [1.54, 1.807) is 6.20 Å². The van der Waals surface area contributed by atoms with Crippen LogP contribution in [0, 0.1) is 18.6 Å². The number of halogens is 2. The van der Waals surface area contributed by atoms with E-state index in [1.165, 1.54) is 18.6 Å². The molecule has 1 aliphatic carbocycles. The number of ether oxygens (including phenoxy) is 1. The van der Waals surface area contributed by atoms with E-state index in [2.05, 4.69) is 15.2 Å². The third kappa shape index (κ3) is 4.24. The number of piperidine rings is 1.